The first-order chi connectivity index (χ1) is 13.6. The van der Waals surface area contributed by atoms with Crippen LogP contribution in [0.3, 0.4) is 0 Å². The van der Waals surface area contributed by atoms with Gasteiger partial charge in [0.15, 0.2) is 0 Å². The highest BCUT2D eigenvalue weighted by atomic mass is 35.5. The van der Waals surface area contributed by atoms with Gasteiger partial charge in [-0.3, -0.25) is 4.90 Å². The molecule has 0 saturated carbocycles. The second kappa shape index (κ2) is 8.34. The molecular weight excluding hydrogens is 396 g/mol. The SMILES string of the molecule is COc1ccc(N2CCN(Cn3nc(-c4ccccc4Cl)oc3=S)CC2)cc1. The van der Waals surface area contributed by atoms with E-state index in [1.54, 1.807) is 11.8 Å². The molecule has 0 spiro atoms. The molecule has 0 bridgehead atoms. The van der Waals surface area contributed by atoms with Crippen molar-refractivity contribution in [2.75, 3.05) is 38.2 Å². The molecule has 1 aliphatic heterocycles. The Labute approximate surface area is 173 Å². The van der Waals surface area contributed by atoms with Crippen LogP contribution in [0.2, 0.25) is 5.02 Å². The summed E-state index contributed by atoms with van der Waals surface area (Å²) in [4.78, 5) is 5.04. The molecule has 3 aromatic rings. The summed E-state index contributed by atoms with van der Waals surface area (Å²) in [5.41, 5.74) is 1.96. The maximum absolute atomic E-state index is 6.24. The van der Waals surface area contributed by atoms with Gasteiger partial charge in [0, 0.05) is 31.9 Å². The van der Waals surface area contributed by atoms with E-state index in [1.807, 2.05) is 36.4 Å². The molecule has 1 saturated heterocycles. The molecule has 0 aliphatic carbocycles. The number of anilines is 1. The van der Waals surface area contributed by atoms with Crippen molar-refractivity contribution in [3.05, 3.63) is 58.4 Å². The van der Waals surface area contributed by atoms with Crippen LogP contribution in [-0.2, 0) is 6.67 Å². The summed E-state index contributed by atoms with van der Waals surface area (Å²) >= 11 is 11.6. The molecule has 1 fully saturated rings. The van der Waals surface area contributed by atoms with E-state index in [-0.39, 0.29) is 0 Å². The van der Waals surface area contributed by atoms with Crippen LogP contribution in [0, 0.1) is 4.84 Å². The average molecular weight is 417 g/mol. The van der Waals surface area contributed by atoms with Gasteiger partial charge < -0.3 is 14.1 Å². The number of rotatable bonds is 5. The number of halogens is 1. The van der Waals surface area contributed by atoms with Crippen LogP contribution in [0.15, 0.2) is 52.9 Å². The molecule has 2 aromatic carbocycles. The molecule has 0 radical (unpaired) electrons. The Morgan fingerprint density at radius 1 is 1.07 bits per heavy atom. The number of aromatic nitrogens is 2. The molecule has 6 nitrogen and oxygen atoms in total. The van der Waals surface area contributed by atoms with Crippen molar-refractivity contribution in [1.82, 2.24) is 14.7 Å². The molecule has 146 valence electrons. The number of methoxy groups -OCH3 is 1. The average Bonchev–Trinajstić information content (AvgIpc) is 3.09. The second-order valence-corrected chi connectivity index (χ2v) is 7.35. The minimum atomic E-state index is 0.354. The van der Waals surface area contributed by atoms with Crippen molar-refractivity contribution in [3.8, 4) is 17.2 Å². The van der Waals surface area contributed by atoms with Crippen molar-refractivity contribution in [2.45, 2.75) is 6.67 Å². The van der Waals surface area contributed by atoms with E-state index in [0.29, 0.717) is 22.4 Å². The van der Waals surface area contributed by atoms with Crippen molar-refractivity contribution in [3.63, 3.8) is 0 Å². The zero-order valence-corrected chi connectivity index (χ0v) is 17.1. The number of piperazine rings is 1. The highest BCUT2D eigenvalue weighted by Gasteiger charge is 2.19. The fraction of sp³-hybridized carbons (Fsp3) is 0.300. The van der Waals surface area contributed by atoms with E-state index in [9.17, 15) is 0 Å². The van der Waals surface area contributed by atoms with E-state index >= 15 is 0 Å². The Kier molecular flexibility index (Phi) is 5.66. The normalized spacial score (nSPS) is 15.0. The van der Waals surface area contributed by atoms with E-state index < -0.39 is 0 Å². The summed E-state index contributed by atoms with van der Waals surface area (Å²) in [5.74, 6) is 1.32. The Hall–Kier alpha value is -2.35. The van der Waals surface area contributed by atoms with Crippen LogP contribution >= 0.6 is 23.8 Å². The van der Waals surface area contributed by atoms with Gasteiger partial charge in [0.2, 0.25) is 5.89 Å². The summed E-state index contributed by atoms with van der Waals surface area (Å²) in [5, 5.41) is 5.12. The lowest BCUT2D eigenvalue weighted by Crippen LogP contribution is -2.46. The molecule has 0 unspecified atom stereocenters. The van der Waals surface area contributed by atoms with Crippen molar-refractivity contribution in [1.29, 1.82) is 0 Å². The van der Waals surface area contributed by atoms with Gasteiger partial charge in [-0.15, -0.1) is 5.10 Å². The summed E-state index contributed by atoms with van der Waals surface area (Å²) < 4.78 is 12.6. The van der Waals surface area contributed by atoms with Gasteiger partial charge in [-0.25, -0.2) is 4.68 Å². The summed E-state index contributed by atoms with van der Waals surface area (Å²) in [6.45, 7) is 4.32. The molecule has 28 heavy (non-hydrogen) atoms. The minimum Gasteiger partial charge on any atom is -0.497 e. The number of hydrogen-bond donors (Lipinski definition) is 0. The fourth-order valence-corrected chi connectivity index (χ4v) is 3.66. The number of hydrogen-bond acceptors (Lipinski definition) is 6. The predicted molar refractivity (Wildman–Crippen MR) is 113 cm³/mol. The number of ether oxygens (including phenoxy) is 1. The summed E-state index contributed by atoms with van der Waals surface area (Å²) in [6, 6.07) is 15.6. The van der Waals surface area contributed by atoms with E-state index in [4.69, 9.17) is 33.0 Å². The van der Waals surface area contributed by atoms with Crippen LogP contribution in [0.4, 0.5) is 5.69 Å². The smallest absolute Gasteiger partial charge is 0.288 e. The summed E-state index contributed by atoms with van der Waals surface area (Å²) in [7, 11) is 1.68. The third-order valence-electron chi connectivity index (χ3n) is 4.85. The zero-order chi connectivity index (χ0) is 19.5. The highest BCUT2D eigenvalue weighted by Crippen LogP contribution is 2.26. The lowest BCUT2D eigenvalue weighted by Gasteiger charge is -2.35. The standard InChI is InChI=1S/C20H21ClN4O2S/c1-26-16-8-6-15(7-9-16)24-12-10-23(11-13-24)14-25-20(28)27-19(22-25)17-4-2-3-5-18(17)21/h2-9H,10-14H2,1H3. The Morgan fingerprint density at radius 2 is 1.79 bits per heavy atom. The van der Waals surface area contributed by atoms with Crippen molar-refractivity contribution in [2.24, 2.45) is 0 Å². The topological polar surface area (TPSA) is 46.7 Å². The molecule has 1 aliphatic rings. The first-order valence-corrected chi connectivity index (χ1v) is 9.87. The maximum Gasteiger partial charge on any atom is 0.288 e. The van der Waals surface area contributed by atoms with Crippen molar-refractivity contribution < 1.29 is 9.15 Å². The number of benzene rings is 2. The highest BCUT2D eigenvalue weighted by molar-refractivity contribution is 7.71. The van der Waals surface area contributed by atoms with Gasteiger partial charge in [0.1, 0.15) is 5.75 Å². The van der Waals surface area contributed by atoms with Gasteiger partial charge in [-0.2, -0.15) is 0 Å². The van der Waals surface area contributed by atoms with Crippen LogP contribution < -0.4 is 9.64 Å². The summed E-state index contributed by atoms with van der Waals surface area (Å²) in [6.07, 6.45) is 0. The quantitative estimate of drug-likeness (QED) is 0.577. The molecular formula is C20H21ClN4O2S. The third kappa shape index (κ3) is 4.06. The molecule has 4 rings (SSSR count). The predicted octanol–water partition coefficient (Wildman–Crippen LogP) is 4.31. The monoisotopic (exact) mass is 416 g/mol. The second-order valence-electron chi connectivity index (χ2n) is 6.60. The number of nitrogens with zero attached hydrogens (tertiary/aromatic N) is 4. The van der Waals surface area contributed by atoms with E-state index in [0.717, 1.165) is 37.5 Å². The van der Waals surface area contributed by atoms with Gasteiger partial charge in [0.05, 0.1) is 24.4 Å². The Morgan fingerprint density at radius 3 is 2.46 bits per heavy atom. The molecule has 2 heterocycles. The van der Waals surface area contributed by atoms with Crippen LogP contribution in [0.1, 0.15) is 0 Å². The molecule has 1 aromatic heterocycles. The Bertz CT molecular complexity index is 994. The van der Waals surface area contributed by atoms with Gasteiger partial charge >= 0.3 is 0 Å². The fourth-order valence-electron chi connectivity index (χ4n) is 3.27. The lowest BCUT2D eigenvalue weighted by molar-refractivity contribution is 0.192. The van der Waals surface area contributed by atoms with Crippen molar-refractivity contribution >= 4 is 29.5 Å². The Balaban J connectivity index is 1.40. The first kappa shape index (κ1) is 19.0. The minimum absolute atomic E-state index is 0.354. The zero-order valence-electron chi connectivity index (χ0n) is 15.5. The van der Waals surface area contributed by atoms with E-state index in [1.165, 1.54) is 5.69 Å². The van der Waals surface area contributed by atoms with Gasteiger partial charge in [-0.1, -0.05) is 23.7 Å². The van der Waals surface area contributed by atoms with Gasteiger partial charge in [-0.05, 0) is 48.6 Å². The molecule has 0 atom stereocenters. The van der Waals surface area contributed by atoms with Gasteiger partial charge in [0.25, 0.3) is 4.84 Å². The molecule has 8 heteroatoms. The van der Waals surface area contributed by atoms with Crippen LogP contribution in [0.25, 0.3) is 11.5 Å². The first-order valence-electron chi connectivity index (χ1n) is 9.08. The van der Waals surface area contributed by atoms with Crippen LogP contribution in [0.5, 0.6) is 5.75 Å². The third-order valence-corrected chi connectivity index (χ3v) is 5.48. The van der Waals surface area contributed by atoms with E-state index in [2.05, 4.69) is 27.0 Å². The maximum atomic E-state index is 6.24. The van der Waals surface area contributed by atoms with Crippen LogP contribution in [-0.4, -0.2) is 48.0 Å². The largest absolute Gasteiger partial charge is 0.497 e. The molecule has 0 amide bonds. The molecule has 0 N–H and O–H groups in total. The lowest BCUT2D eigenvalue weighted by atomic mass is 10.2.